The zero-order valence-electron chi connectivity index (χ0n) is 13.2. The molecule has 1 nitrogen and oxygen atoms in total. The third-order valence-electron chi connectivity index (χ3n) is 4.98. The van der Waals surface area contributed by atoms with Gasteiger partial charge < -0.3 is 5.11 Å². The molecular weight excluding hydrogens is 251 g/mol. The molecule has 0 spiro atoms. The summed E-state index contributed by atoms with van der Waals surface area (Å²) in [6.07, 6.45) is 4.64. The number of hydrogen-bond acceptors (Lipinski definition) is 1. The number of hydrogen-bond donors (Lipinski definition) is 1. The molecule has 2 rings (SSSR count). The highest BCUT2D eigenvalue weighted by Crippen LogP contribution is 2.43. The molecule has 1 aromatic carbocycles. The van der Waals surface area contributed by atoms with Crippen LogP contribution in [0, 0.1) is 24.1 Å². The van der Waals surface area contributed by atoms with Crippen molar-refractivity contribution >= 4 is 0 Å². The number of rotatable bonds is 1. The molecule has 1 aliphatic rings. The van der Waals surface area contributed by atoms with Crippen LogP contribution in [0.3, 0.4) is 0 Å². The molecule has 1 aliphatic carbocycles. The molecular formula is C18H27FO. The van der Waals surface area contributed by atoms with Crippen molar-refractivity contribution < 1.29 is 9.50 Å². The molecule has 20 heavy (non-hydrogen) atoms. The Hall–Kier alpha value is -0.890. The van der Waals surface area contributed by atoms with Gasteiger partial charge in [-0.25, -0.2) is 4.39 Å². The van der Waals surface area contributed by atoms with E-state index < -0.39 is 5.60 Å². The van der Waals surface area contributed by atoms with Gasteiger partial charge in [-0.3, -0.25) is 0 Å². The third kappa shape index (κ3) is 3.22. The molecule has 2 atom stereocenters. The summed E-state index contributed by atoms with van der Waals surface area (Å²) in [6, 6.07) is 5.18. The van der Waals surface area contributed by atoms with Crippen molar-refractivity contribution in [3.8, 4) is 0 Å². The summed E-state index contributed by atoms with van der Waals surface area (Å²) in [7, 11) is 0. The van der Waals surface area contributed by atoms with E-state index >= 15 is 0 Å². The highest BCUT2D eigenvalue weighted by molar-refractivity contribution is 5.28. The number of benzene rings is 1. The Morgan fingerprint density at radius 1 is 1.20 bits per heavy atom. The molecule has 2 heteroatoms. The van der Waals surface area contributed by atoms with Crippen LogP contribution in [0.2, 0.25) is 0 Å². The van der Waals surface area contributed by atoms with Crippen LogP contribution < -0.4 is 0 Å². The molecule has 2 unspecified atom stereocenters. The molecule has 1 N–H and O–H groups in total. The smallest absolute Gasteiger partial charge is 0.126 e. The van der Waals surface area contributed by atoms with Crippen molar-refractivity contribution in [1.82, 2.24) is 0 Å². The van der Waals surface area contributed by atoms with Gasteiger partial charge in [-0.05, 0) is 67.6 Å². The molecule has 0 aromatic heterocycles. The van der Waals surface area contributed by atoms with Crippen molar-refractivity contribution in [1.29, 1.82) is 0 Å². The van der Waals surface area contributed by atoms with Crippen LogP contribution in [0.15, 0.2) is 18.2 Å². The standard InChI is InChI=1S/C18H27FO/c1-13-7-8-15(12-16(13)19)18(20)10-5-6-14(9-11-18)17(2,3)4/h7-8,12,14,20H,5-6,9-11H2,1-4H3. The molecule has 0 radical (unpaired) electrons. The minimum atomic E-state index is -0.853. The minimum absolute atomic E-state index is 0.215. The van der Waals surface area contributed by atoms with Crippen molar-refractivity contribution in [3.63, 3.8) is 0 Å². The fraction of sp³-hybridized carbons (Fsp3) is 0.667. The van der Waals surface area contributed by atoms with Gasteiger partial charge in [0, 0.05) is 0 Å². The lowest BCUT2D eigenvalue weighted by Crippen LogP contribution is -2.26. The fourth-order valence-corrected chi connectivity index (χ4v) is 3.36. The lowest BCUT2D eigenvalue weighted by molar-refractivity contribution is 0.0177. The summed E-state index contributed by atoms with van der Waals surface area (Å²) >= 11 is 0. The summed E-state index contributed by atoms with van der Waals surface area (Å²) in [4.78, 5) is 0. The molecule has 0 amide bonds. The maximum absolute atomic E-state index is 13.8. The lowest BCUT2D eigenvalue weighted by Gasteiger charge is -2.31. The fourth-order valence-electron chi connectivity index (χ4n) is 3.36. The summed E-state index contributed by atoms with van der Waals surface area (Å²) < 4.78 is 13.8. The minimum Gasteiger partial charge on any atom is -0.385 e. The van der Waals surface area contributed by atoms with Gasteiger partial charge in [-0.1, -0.05) is 32.9 Å². The van der Waals surface area contributed by atoms with Gasteiger partial charge >= 0.3 is 0 Å². The highest BCUT2D eigenvalue weighted by atomic mass is 19.1. The predicted octanol–water partition coefficient (Wildman–Crippen LogP) is 4.95. The van der Waals surface area contributed by atoms with Gasteiger partial charge in [0.25, 0.3) is 0 Å². The van der Waals surface area contributed by atoms with E-state index in [1.165, 1.54) is 6.07 Å². The summed E-state index contributed by atoms with van der Waals surface area (Å²) in [6.45, 7) is 8.57. The van der Waals surface area contributed by atoms with Crippen molar-refractivity contribution in [3.05, 3.63) is 35.1 Å². The van der Waals surface area contributed by atoms with Crippen LogP contribution in [-0.4, -0.2) is 5.11 Å². The number of aliphatic hydroxyl groups is 1. The first-order chi connectivity index (χ1) is 9.22. The Bertz CT molecular complexity index is 475. The van der Waals surface area contributed by atoms with Crippen molar-refractivity contribution in [2.75, 3.05) is 0 Å². The second-order valence-corrected chi connectivity index (χ2v) is 7.49. The molecule has 1 fully saturated rings. The monoisotopic (exact) mass is 278 g/mol. The Labute approximate surface area is 122 Å². The summed E-state index contributed by atoms with van der Waals surface area (Å²) in [5, 5.41) is 11.0. The average Bonchev–Trinajstić information content (AvgIpc) is 2.55. The first-order valence-corrected chi connectivity index (χ1v) is 7.71. The Balaban J connectivity index is 2.20. The first kappa shape index (κ1) is 15.5. The van der Waals surface area contributed by atoms with E-state index in [-0.39, 0.29) is 11.2 Å². The highest BCUT2D eigenvalue weighted by Gasteiger charge is 2.36. The lowest BCUT2D eigenvalue weighted by atomic mass is 9.76. The van der Waals surface area contributed by atoms with Gasteiger partial charge in [0.05, 0.1) is 5.60 Å². The van der Waals surface area contributed by atoms with Crippen molar-refractivity contribution in [2.24, 2.45) is 11.3 Å². The Morgan fingerprint density at radius 2 is 1.90 bits per heavy atom. The van der Waals surface area contributed by atoms with Crippen LogP contribution >= 0.6 is 0 Å². The predicted molar refractivity (Wildman–Crippen MR) is 81.1 cm³/mol. The van der Waals surface area contributed by atoms with Crippen LogP contribution in [-0.2, 0) is 5.60 Å². The van der Waals surface area contributed by atoms with Crippen LogP contribution in [0.1, 0.15) is 64.0 Å². The number of halogens is 1. The van der Waals surface area contributed by atoms with E-state index in [1.807, 2.05) is 6.07 Å². The largest absolute Gasteiger partial charge is 0.385 e. The second kappa shape index (κ2) is 5.48. The zero-order valence-corrected chi connectivity index (χ0v) is 13.2. The Morgan fingerprint density at radius 3 is 2.50 bits per heavy atom. The molecule has 112 valence electrons. The van der Waals surface area contributed by atoms with E-state index in [9.17, 15) is 9.50 Å². The zero-order chi connectivity index (χ0) is 15.0. The average molecular weight is 278 g/mol. The van der Waals surface area contributed by atoms with Crippen molar-refractivity contribution in [2.45, 2.75) is 65.4 Å². The van der Waals surface area contributed by atoms with Crippen LogP contribution in [0.5, 0.6) is 0 Å². The maximum atomic E-state index is 13.8. The topological polar surface area (TPSA) is 20.2 Å². The second-order valence-electron chi connectivity index (χ2n) is 7.49. The molecule has 0 aliphatic heterocycles. The molecule has 0 saturated heterocycles. The first-order valence-electron chi connectivity index (χ1n) is 7.71. The number of aryl methyl sites for hydroxylation is 1. The van der Waals surface area contributed by atoms with Crippen LogP contribution in [0.4, 0.5) is 4.39 Å². The van der Waals surface area contributed by atoms with Gasteiger partial charge in [0.1, 0.15) is 5.82 Å². The van der Waals surface area contributed by atoms with E-state index in [4.69, 9.17) is 0 Å². The van der Waals surface area contributed by atoms with Gasteiger partial charge in [-0.2, -0.15) is 0 Å². The van der Waals surface area contributed by atoms with Gasteiger partial charge in [0.15, 0.2) is 0 Å². The van der Waals surface area contributed by atoms with E-state index in [0.717, 1.165) is 37.7 Å². The quantitative estimate of drug-likeness (QED) is 0.721. The van der Waals surface area contributed by atoms with E-state index in [1.54, 1.807) is 13.0 Å². The van der Waals surface area contributed by atoms with Gasteiger partial charge in [0.2, 0.25) is 0 Å². The molecule has 1 aromatic rings. The summed E-state index contributed by atoms with van der Waals surface area (Å²) in [5.74, 6) is 0.416. The maximum Gasteiger partial charge on any atom is 0.126 e. The van der Waals surface area contributed by atoms with E-state index in [2.05, 4.69) is 20.8 Å². The van der Waals surface area contributed by atoms with Gasteiger partial charge in [-0.15, -0.1) is 0 Å². The summed E-state index contributed by atoms with van der Waals surface area (Å²) in [5.41, 5.74) is 0.812. The molecule has 0 bridgehead atoms. The Kier molecular flexibility index (Phi) is 4.24. The normalized spacial score (nSPS) is 28.2. The van der Waals surface area contributed by atoms with Crippen LogP contribution in [0.25, 0.3) is 0 Å². The third-order valence-corrected chi connectivity index (χ3v) is 4.98. The van der Waals surface area contributed by atoms with E-state index in [0.29, 0.717) is 11.5 Å². The molecule has 1 saturated carbocycles. The molecule has 0 heterocycles. The SMILES string of the molecule is Cc1ccc(C2(O)CCCC(C(C)(C)C)CC2)cc1F.